The van der Waals surface area contributed by atoms with Crippen molar-refractivity contribution in [2.24, 2.45) is 0 Å². The first kappa shape index (κ1) is 18.5. The number of rotatable bonds is 7. The minimum atomic E-state index is -0.390. The highest BCUT2D eigenvalue weighted by atomic mass is 32.1. The molecule has 0 radical (unpaired) electrons. The molecule has 130 valence electrons. The lowest BCUT2D eigenvalue weighted by molar-refractivity contribution is -0.149. The van der Waals surface area contributed by atoms with Crippen molar-refractivity contribution in [2.75, 3.05) is 7.05 Å². The maximum absolute atomic E-state index is 11.3. The molecule has 0 fully saturated rings. The third-order valence-electron chi connectivity index (χ3n) is 3.92. The minimum absolute atomic E-state index is 0.179. The van der Waals surface area contributed by atoms with E-state index in [0.717, 1.165) is 21.8 Å². The number of ether oxygens (including phenoxy) is 2. The molecule has 2 unspecified atom stereocenters. The number of thiophene rings is 1. The second-order valence-electron chi connectivity index (χ2n) is 5.92. The zero-order chi connectivity index (χ0) is 17.7. The van der Waals surface area contributed by atoms with Crippen LogP contribution in [-0.4, -0.2) is 19.2 Å². The predicted octanol–water partition coefficient (Wildman–Crippen LogP) is 4.29. The van der Waals surface area contributed by atoms with E-state index in [1.165, 1.54) is 12.5 Å². The zero-order valence-electron chi connectivity index (χ0n) is 14.9. The molecule has 2 aromatic rings. The highest BCUT2D eigenvalue weighted by Crippen LogP contribution is 2.34. The average Bonchev–Trinajstić information content (AvgIpc) is 2.94. The first-order valence-corrected chi connectivity index (χ1v) is 8.91. The van der Waals surface area contributed by atoms with E-state index < -0.39 is 6.23 Å². The van der Waals surface area contributed by atoms with Crippen LogP contribution in [0.5, 0.6) is 5.75 Å². The van der Waals surface area contributed by atoms with Crippen LogP contribution in [0.25, 0.3) is 0 Å². The largest absolute Gasteiger partial charge is 0.484 e. The predicted molar refractivity (Wildman–Crippen MR) is 97.6 cm³/mol. The zero-order valence-corrected chi connectivity index (χ0v) is 15.7. The van der Waals surface area contributed by atoms with Crippen LogP contribution in [0.3, 0.4) is 0 Å². The molecule has 0 aliphatic rings. The van der Waals surface area contributed by atoms with Gasteiger partial charge in [0.05, 0.1) is 0 Å². The van der Waals surface area contributed by atoms with Crippen LogP contribution in [0, 0.1) is 20.8 Å². The van der Waals surface area contributed by atoms with Crippen LogP contribution in [-0.2, 0) is 9.53 Å². The molecule has 2 rings (SSSR count). The van der Waals surface area contributed by atoms with Crippen LogP contribution >= 0.6 is 11.3 Å². The summed E-state index contributed by atoms with van der Waals surface area (Å²) in [6.45, 7) is 7.58. The van der Waals surface area contributed by atoms with Gasteiger partial charge >= 0.3 is 5.97 Å². The number of carbonyl (C=O) groups is 1. The Morgan fingerprint density at radius 2 is 1.83 bits per heavy atom. The monoisotopic (exact) mass is 347 g/mol. The molecule has 0 spiro atoms. The summed E-state index contributed by atoms with van der Waals surface area (Å²) in [7, 11) is 1.78. The van der Waals surface area contributed by atoms with Gasteiger partial charge in [0.25, 0.3) is 0 Å². The number of benzene rings is 1. The number of aryl methyl sites for hydroxylation is 3. The molecule has 1 N–H and O–H groups in total. The van der Waals surface area contributed by atoms with Crippen LogP contribution in [0.2, 0.25) is 0 Å². The Bertz CT molecular complexity index is 675. The van der Waals surface area contributed by atoms with Gasteiger partial charge in [-0.15, -0.1) is 11.3 Å². The molecule has 0 amide bonds. The van der Waals surface area contributed by atoms with E-state index in [9.17, 15) is 4.79 Å². The van der Waals surface area contributed by atoms with E-state index >= 15 is 0 Å². The van der Waals surface area contributed by atoms with Gasteiger partial charge < -0.3 is 9.47 Å². The molecule has 4 nitrogen and oxygen atoms in total. The number of esters is 1. The molecule has 1 aromatic heterocycles. The number of nitrogens with one attached hydrogen (secondary N) is 1. The number of hydrogen-bond donors (Lipinski definition) is 1. The quantitative estimate of drug-likeness (QED) is 0.599. The summed E-state index contributed by atoms with van der Waals surface area (Å²) in [6.07, 6.45) is -0.0227. The van der Waals surface area contributed by atoms with Crippen molar-refractivity contribution in [2.45, 2.75) is 46.4 Å². The summed E-state index contributed by atoms with van der Waals surface area (Å²) >= 11 is 1.67. The van der Waals surface area contributed by atoms with Crippen molar-refractivity contribution in [1.29, 1.82) is 0 Å². The second kappa shape index (κ2) is 8.31. The number of para-hydroxylation sites is 1. The van der Waals surface area contributed by atoms with Crippen molar-refractivity contribution in [1.82, 2.24) is 5.32 Å². The molecular formula is C19H25NO3S. The third kappa shape index (κ3) is 4.58. The Hall–Kier alpha value is -1.85. The van der Waals surface area contributed by atoms with Gasteiger partial charge in [0, 0.05) is 18.2 Å². The summed E-state index contributed by atoms with van der Waals surface area (Å²) in [6, 6.07) is 8.20. The van der Waals surface area contributed by atoms with Crippen LogP contribution < -0.4 is 10.1 Å². The van der Waals surface area contributed by atoms with E-state index in [4.69, 9.17) is 9.47 Å². The summed E-state index contributed by atoms with van der Waals surface area (Å²) in [5.74, 6) is 0.594. The van der Waals surface area contributed by atoms with Crippen molar-refractivity contribution < 1.29 is 14.3 Å². The Morgan fingerprint density at radius 1 is 1.17 bits per heavy atom. The SMILES string of the molecule is CNC(CC(Oc1c(C)cccc1C)c1sccc1C)OC(C)=O. The number of carbonyl (C=O) groups excluding carboxylic acids is 1. The van der Waals surface area contributed by atoms with Crippen molar-refractivity contribution >= 4 is 17.3 Å². The standard InChI is InChI=1S/C19H25NO3S/c1-12-7-6-8-13(2)18(12)23-16(19-14(3)9-10-24-19)11-17(20-5)22-15(4)21/h6-10,16-17,20H,11H2,1-5H3. The lowest BCUT2D eigenvalue weighted by Gasteiger charge is -2.25. The highest BCUT2D eigenvalue weighted by molar-refractivity contribution is 7.10. The van der Waals surface area contributed by atoms with Crippen molar-refractivity contribution in [3.63, 3.8) is 0 Å². The van der Waals surface area contributed by atoms with E-state index in [0.29, 0.717) is 6.42 Å². The molecule has 24 heavy (non-hydrogen) atoms. The minimum Gasteiger partial charge on any atom is -0.484 e. The first-order valence-electron chi connectivity index (χ1n) is 8.03. The molecule has 2 atom stereocenters. The Labute approximate surface area is 147 Å². The van der Waals surface area contributed by atoms with Gasteiger partial charge in [-0.1, -0.05) is 18.2 Å². The van der Waals surface area contributed by atoms with E-state index in [-0.39, 0.29) is 12.1 Å². The Balaban J connectivity index is 2.30. The topological polar surface area (TPSA) is 47.6 Å². The molecule has 1 aromatic carbocycles. The molecule has 0 saturated carbocycles. The van der Waals surface area contributed by atoms with Gasteiger partial charge in [-0.3, -0.25) is 10.1 Å². The smallest absolute Gasteiger partial charge is 0.304 e. The molecule has 0 aliphatic carbocycles. The first-order chi connectivity index (χ1) is 11.4. The highest BCUT2D eigenvalue weighted by Gasteiger charge is 2.24. The summed E-state index contributed by atoms with van der Waals surface area (Å²) < 4.78 is 11.7. The fourth-order valence-corrected chi connectivity index (χ4v) is 3.64. The van der Waals surface area contributed by atoms with Crippen molar-refractivity contribution in [3.05, 3.63) is 51.2 Å². The molecule has 0 saturated heterocycles. The van der Waals surface area contributed by atoms with Crippen molar-refractivity contribution in [3.8, 4) is 5.75 Å². The number of hydrogen-bond acceptors (Lipinski definition) is 5. The molecule has 0 bridgehead atoms. The molecule has 0 aliphatic heterocycles. The molecular weight excluding hydrogens is 322 g/mol. The summed E-state index contributed by atoms with van der Waals surface area (Å²) in [5, 5.41) is 5.10. The fraction of sp³-hybridized carbons (Fsp3) is 0.421. The fourth-order valence-electron chi connectivity index (χ4n) is 2.67. The van der Waals surface area contributed by atoms with E-state index in [1.54, 1.807) is 18.4 Å². The summed E-state index contributed by atoms with van der Waals surface area (Å²) in [4.78, 5) is 12.5. The lowest BCUT2D eigenvalue weighted by atomic mass is 10.1. The summed E-state index contributed by atoms with van der Waals surface area (Å²) in [5.41, 5.74) is 3.39. The lowest BCUT2D eigenvalue weighted by Crippen LogP contribution is -2.33. The maximum Gasteiger partial charge on any atom is 0.304 e. The van der Waals surface area contributed by atoms with Crippen LogP contribution in [0.4, 0.5) is 0 Å². The Morgan fingerprint density at radius 3 is 2.33 bits per heavy atom. The van der Waals surface area contributed by atoms with Gasteiger partial charge in [0.2, 0.25) is 0 Å². The molecule has 1 heterocycles. The average molecular weight is 347 g/mol. The maximum atomic E-state index is 11.3. The normalized spacial score (nSPS) is 13.4. The van der Waals surface area contributed by atoms with Crippen LogP contribution in [0.1, 0.15) is 41.0 Å². The van der Waals surface area contributed by atoms with Gasteiger partial charge in [0.15, 0.2) is 6.23 Å². The van der Waals surface area contributed by atoms with Crippen LogP contribution in [0.15, 0.2) is 29.6 Å². The van der Waals surface area contributed by atoms with Gasteiger partial charge in [0.1, 0.15) is 11.9 Å². The van der Waals surface area contributed by atoms with E-state index in [1.807, 2.05) is 32.0 Å². The van der Waals surface area contributed by atoms with Gasteiger partial charge in [-0.05, 0) is 56.0 Å². The van der Waals surface area contributed by atoms with E-state index in [2.05, 4.69) is 23.7 Å². The second-order valence-corrected chi connectivity index (χ2v) is 6.87. The molecule has 5 heteroatoms. The van der Waals surface area contributed by atoms with Gasteiger partial charge in [-0.25, -0.2) is 0 Å². The third-order valence-corrected chi connectivity index (χ3v) is 5.03. The van der Waals surface area contributed by atoms with Gasteiger partial charge in [-0.2, -0.15) is 0 Å². The Kier molecular flexibility index (Phi) is 6.40.